The van der Waals surface area contributed by atoms with Gasteiger partial charge in [-0.15, -0.1) is 0 Å². The fourth-order valence-electron chi connectivity index (χ4n) is 2.26. The van der Waals surface area contributed by atoms with E-state index in [1.165, 1.54) is 19.2 Å². The second-order valence-electron chi connectivity index (χ2n) is 5.98. The highest BCUT2D eigenvalue weighted by Gasteiger charge is 2.14. The van der Waals surface area contributed by atoms with E-state index in [4.69, 9.17) is 21.1 Å². The second kappa shape index (κ2) is 9.62. The summed E-state index contributed by atoms with van der Waals surface area (Å²) in [4.78, 5) is 24.0. The minimum absolute atomic E-state index is 0.151. The highest BCUT2D eigenvalue weighted by molar-refractivity contribution is 7.92. The first-order chi connectivity index (χ1) is 13.6. The van der Waals surface area contributed by atoms with Crippen LogP contribution in [0.5, 0.6) is 5.75 Å². The highest BCUT2D eigenvalue weighted by Crippen LogP contribution is 2.22. The normalized spacial score (nSPS) is 10.9. The Morgan fingerprint density at radius 1 is 1.14 bits per heavy atom. The van der Waals surface area contributed by atoms with E-state index in [-0.39, 0.29) is 23.8 Å². The zero-order valence-corrected chi connectivity index (χ0v) is 17.7. The second-order valence-corrected chi connectivity index (χ2v) is 8.40. The summed E-state index contributed by atoms with van der Waals surface area (Å²) < 4.78 is 34.5. The van der Waals surface area contributed by atoms with Crippen molar-refractivity contribution in [3.8, 4) is 5.75 Å². The molecule has 10 heteroatoms. The maximum absolute atomic E-state index is 12.1. The lowest BCUT2D eigenvalue weighted by molar-refractivity contribution is -0.118. The summed E-state index contributed by atoms with van der Waals surface area (Å²) in [5.74, 6) is -0.627. The monoisotopic (exact) mass is 440 g/mol. The molecule has 0 unspecified atom stereocenters. The van der Waals surface area contributed by atoms with Gasteiger partial charge in [-0.25, -0.2) is 13.2 Å². The van der Waals surface area contributed by atoms with Crippen molar-refractivity contribution in [2.75, 3.05) is 36.1 Å². The summed E-state index contributed by atoms with van der Waals surface area (Å²) in [6.45, 7) is 1.61. The lowest BCUT2D eigenvalue weighted by atomic mass is 10.2. The van der Waals surface area contributed by atoms with Crippen molar-refractivity contribution in [2.24, 2.45) is 0 Å². The molecule has 29 heavy (non-hydrogen) atoms. The number of nitrogens with one attached hydrogen (secondary N) is 1. The van der Waals surface area contributed by atoms with Crippen LogP contribution in [0.4, 0.5) is 11.4 Å². The molecule has 8 nitrogen and oxygen atoms in total. The number of hydrogen-bond donors (Lipinski definition) is 1. The molecule has 2 rings (SSSR count). The largest absolute Gasteiger partial charge is 0.484 e. The lowest BCUT2D eigenvalue weighted by Gasteiger charge is -2.16. The molecule has 0 aromatic heterocycles. The van der Waals surface area contributed by atoms with Crippen molar-refractivity contribution in [2.45, 2.75) is 6.92 Å². The topological polar surface area (TPSA) is 102 Å². The summed E-state index contributed by atoms with van der Waals surface area (Å²) in [6.07, 6.45) is 1.10. The Balaban J connectivity index is 1.97. The number of esters is 1. The molecule has 0 saturated heterocycles. The molecule has 0 fully saturated rings. The van der Waals surface area contributed by atoms with E-state index in [9.17, 15) is 18.0 Å². The molecule has 0 saturated carbocycles. The summed E-state index contributed by atoms with van der Waals surface area (Å²) in [7, 11) is -1.92. The van der Waals surface area contributed by atoms with Crippen LogP contribution in [0.15, 0.2) is 42.5 Å². The fourth-order valence-corrected chi connectivity index (χ4v) is 2.96. The number of hydrogen-bond acceptors (Lipinski definition) is 6. The van der Waals surface area contributed by atoms with Gasteiger partial charge in [0.15, 0.2) is 6.61 Å². The number of benzene rings is 2. The fraction of sp³-hybridized carbons (Fsp3) is 0.263. The SMILES string of the molecule is CCOC(=O)c1cc(NC(=O)COc2ccc(N(C)S(C)(=O)=O)cc2)ccc1Cl. The maximum Gasteiger partial charge on any atom is 0.339 e. The third kappa shape index (κ3) is 6.37. The van der Waals surface area contributed by atoms with E-state index in [0.717, 1.165) is 10.6 Å². The first kappa shape index (κ1) is 22.5. The smallest absolute Gasteiger partial charge is 0.339 e. The number of amides is 1. The minimum atomic E-state index is -3.36. The number of ether oxygens (including phenoxy) is 2. The first-order valence-electron chi connectivity index (χ1n) is 8.55. The Hall–Kier alpha value is -2.78. The summed E-state index contributed by atoms with van der Waals surface area (Å²) in [5.41, 5.74) is 0.992. The maximum atomic E-state index is 12.1. The summed E-state index contributed by atoms with van der Waals surface area (Å²) >= 11 is 5.99. The van der Waals surface area contributed by atoms with Crippen LogP contribution in [0.3, 0.4) is 0 Å². The quantitative estimate of drug-likeness (QED) is 0.633. The van der Waals surface area contributed by atoms with Gasteiger partial charge in [-0.1, -0.05) is 11.6 Å². The molecule has 0 spiro atoms. The Morgan fingerprint density at radius 2 is 1.79 bits per heavy atom. The van der Waals surface area contributed by atoms with Gasteiger partial charge < -0.3 is 14.8 Å². The third-order valence-electron chi connectivity index (χ3n) is 3.81. The Morgan fingerprint density at radius 3 is 2.38 bits per heavy atom. The molecular weight excluding hydrogens is 420 g/mol. The highest BCUT2D eigenvalue weighted by atomic mass is 35.5. The van der Waals surface area contributed by atoms with Crippen LogP contribution in [-0.2, 0) is 19.6 Å². The first-order valence-corrected chi connectivity index (χ1v) is 10.8. The number of anilines is 2. The van der Waals surface area contributed by atoms with E-state index in [1.54, 1.807) is 37.3 Å². The molecule has 0 atom stereocenters. The van der Waals surface area contributed by atoms with Crippen molar-refractivity contribution >= 4 is 44.9 Å². The van der Waals surface area contributed by atoms with E-state index in [0.29, 0.717) is 17.1 Å². The predicted molar refractivity (Wildman–Crippen MR) is 111 cm³/mol. The van der Waals surface area contributed by atoms with Crippen LogP contribution in [0.2, 0.25) is 5.02 Å². The molecule has 0 radical (unpaired) electrons. The standard InChI is InChI=1S/C19H21ClN2O6S/c1-4-27-19(24)16-11-13(5-10-17(16)20)21-18(23)12-28-15-8-6-14(7-9-15)22(2)29(3,25)26/h5-11H,4,12H2,1-3H3,(H,21,23). The number of rotatable bonds is 8. The average Bonchev–Trinajstić information content (AvgIpc) is 2.67. The van der Waals surface area contributed by atoms with E-state index >= 15 is 0 Å². The van der Waals surface area contributed by atoms with Crippen molar-refractivity contribution in [1.29, 1.82) is 0 Å². The van der Waals surface area contributed by atoms with Gasteiger partial charge in [-0.2, -0.15) is 0 Å². The number of nitrogens with zero attached hydrogens (tertiary/aromatic N) is 1. The van der Waals surface area contributed by atoms with Crippen LogP contribution in [-0.4, -0.2) is 46.8 Å². The minimum Gasteiger partial charge on any atom is -0.484 e. The number of halogens is 1. The van der Waals surface area contributed by atoms with Crippen molar-refractivity contribution < 1.29 is 27.5 Å². The average molecular weight is 441 g/mol. The molecule has 156 valence electrons. The van der Waals surface area contributed by atoms with Crippen LogP contribution >= 0.6 is 11.6 Å². The summed E-state index contributed by atoms with van der Waals surface area (Å²) in [5, 5.41) is 2.83. The molecule has 0 bridgehead atoms. The summed E-state index contributed by atoms with van der Waals surface area (Å²) in [6, 6.07) is 10.7. The number of carbonyl (C=O) groups is 2. The Labute approximate surface area is 174 Å². The van der Waals surface area contributed by atoms with Crippen LogP contribution < -0.4 is 14.4 Å². The predicted octanol–water partition coefficient (Wildman–Crippen LogP) is 2.93. The molecule has 0 aliphatic heterocycles. The Bertz CT molecular complexity index is 992. The van der Waals surface area contributed by atoms with Crippen LogP contribution in [0.1, 0.15) is 17.3 Å². The van der Waals surface area contributed by atoms with Gasteiger partial charge in [0.25, 0.3) is 5.91 Å². The van der Waals surface area contributed by atoms with E-state index in [1.807, 2.05) is 0 Å². The van der Waals surface area contributed by atoms with Crippen molar-refractivity contribution in [1.82, 2.24) is 0 Å². The Kier molecular flexibility index (Phi) is 7.46. The molecule has 1 N–H and O–H groups in total. The molecule has 0 aliphatic rings. The zero-order valence-electron chi connectivity index (χ0n) is 16.1. The lowest BCUT2D eigenvalue weighted by Crippen LogP contribution is -2.24. The van der Waals surface area contributed by atoms with Gasteiger partial charge in [-0.3, -0.25) is 9.10 Å². The van der Waals surface area contributed by atoms with Gasteiger partial charge in [-0.05, 0) is 49.4 Å². The van der Waals surface area contributed by atoms with Gasteiger partial charge in [0.1, 0.15) is 5.75 Å². The van der Waals surface area contributed by atoms with Crippen molar-refractivity contribution in [3.63, 3.8) is 0 Å². The van der Waals surface area contributed by atoms with E-state index in [2.05, 4.69) is 5.32 Å². The van der Waals surface area contributed by atoms with E-state index < -0.39 is 21.9 Å². The zero-order chi connectivity index (χ0) is 21.6. The van der Waals surface area contributed by atoms with Gasteiger partial charge >= 0.3 is 5.97 Å². The molecule has 0 heterocycles. The number of carbonyl (C=O) groups excluding carboxylic acids is 2. The molecule has 2 aromatic rings. The van der Waals surface area contributed by atoms with Crippen LogP contribution in [0, 0.1) is 0 Å². The van der Waals surface area contributed by atoms with Crippen molar-refractivity contribution in [3.05, 3.63) is 53.1 Å². The van der Waals surface area contributed by atoms with Gasteiger partial charge in [0.05, 0.1) is 29.1 Å². The van der Waals surface area contributed by atoms with Gasteiger partial charge in [0.2, 0.25) is 10.0 Å². The third-order valence-corrected chi connectivity index (χ3v) is 5.35. The van der Waals surface area contributed by atoms with Gasteiger partial charge in [0, 0.05) is 12.7 Å². The number of sulfonamides is 1. The molecular formula is C19H21ClN2O6S. The molecule has 0 aliphatic carbocycles. The van der Waals surface area contributed by atoms with Crippen LogP contribution in [0.25, 0.3) is 0 Å². The molecule has 2 aromatic carbocycles. The molecule has 1 amide bonds.